The van der Waals surface area contributed by atoms with E-state index in [-0.39, 0.29) is 5.54 Å². The van der Waals surface area contributed by atoms with E-state index in [0.29, 0.717) is 6.54 Å². The second-order valence-electron chi connectivity index (χ2n) is 6.01. The summed E-state index contributed by atoms with van der Waals surface area (Å²) in [4.78, 5) is 8.47. The number of aromatic nitrogens is 2. The number of anilines is 2. The van der Waals surface area contributed by atoms with Crippen molar-refractivity contribution < 1.29 is 0 Å². The minimum absolute atomic E-state index is 0.155. The molecule has 0 unspecified atom stereocenters. The van der Waals surface area contributed by atoms with Gasteiger partial charge in [-0.25, -0.2) is 9.97 Å². The molecule has 1 aliphatic rings. The number of nitrogens with two attached hydrogens (primary N) is 1. The quantitative estimate of drug-likeness (QED) is 0.703. The fraction of sp³-hybridized carbons (Fsp3) is 0.714. The molecule has 1 aliphatic carbocycles. The lowest BCUT2D eigenvalue weighted by atomic mass is 9.83. The molecule has 19 heavy (non-hydrogen) atoms. The van der Waals surface area contributed by atoms with Crippen LogP contribution < -0.4 is 16.4 Å². The van der Waals surface area contributed by atoms with Gasteiger partial charge in [0.15, 0.2) is 0 Å². The lowest BCUT2D eigenvalue weighted by Crippen LogP contribution is -2.39. The number of nitrogens with zero attached hydrogens (tertiary/aromatic N) is 2. The zero-order chi connectivity index (χ0) is 13.7. The maximum absolute atomic E-state index is 5.71. The predicted molar refractivity (Wildman–Crippen MR) is 79.2 cm³/mol. The molecule has 4 N–H and O–H groups in total. The highest BCUT2D eigenvalue weighted by molar-refractivity contribution is 5.47. The molecule has 2 rings (SSSR count). The Morgan fingerprint density at radius 3 is 2.68 bits per heavy atom. The van der Waals surface area contributed by atoms with E-state index in [1.165, 1.54) is 25.7 Å². The normalized spacial score (nSPS) is 15.9. The van der Waals surface area contributed by atoms with Crippen molar-refractivity contribution in [3.8, 4) is 0 Å². The average Bonchev–Trinajstić information content (AvgIpc) is 2.32. The maximum atomic E-state index is 5.71. The third-order valence-electron chi connectivity index (χ3n) is 3.73. The summed E-state index contributed by atoms with van der Waals surface area (Å²) < 4.78 is 0. The van der Waals surface area contributed by atoms with Crippen molar-refractivity contribution in [2.75, 3.05) is 23.7 Å². The first kappa shape index (κ1) is 14.1. The van der Waals surface area contributed by atoms with Gasteiger partial charge in [0.1, 0.15) is 18.0 Å². The van der Waals surface area contributed by atoms with Crippen LogP contribution in [-0.4, -0.2) is 28.6 Å². The largest absolute Gasteiger partial charge is 0.370 e. The number of hydrogen-bond donors (Lipinski definition) is 3. The van der Waals surface area contributed by atoms with Crippen LogP contribution in [0.4, 0.5) is 11.6 Å². The Bertz CT molecular complexity index is 401. The first-order chi connectivity index (χ1) is 9.09. The van der Waals surface area contributed by atoms with Crippen LogP contribution in [0.3, 0.4) is 0 Å². The highest BCUT2D eigenvalue weighted by atomic mass is 15.1. The standard InChI is InChI=1S/C14H25N5/c1-14(2,9-15)19-13-8-12(17-10-18-13)16-7-6-11-4-3-5-11/h8,10-11H,3-7,9,15H2,1-2H3,(H2,16,17,18,19). The van der Waals surface area contributed by atoms with Crippen LogP contribution in [0.15, 0.2) is 12.4 Å². The molecule has 0 saturated heterocycles. The molecule has 1 aromatic heterocycles. The molecule has 0 amide bonds. The number of rotatable bonds is 7. The topological polar surface area (TPSA) is 75.9 Å². The molecule has 0 radical (unpaired) electrons. The van der Waals surface area contributed by atoms with E-state index in [9.17, 15) is 0 Å². The van der Waals surface area contributed by atoms with E-state index in [0.717, 1.165) is 24.1 Å². The van der Waals surface area contributed by atoms with Gasteiger partial charge in [0.2, 0.25) is 0 Å². The summed E-state index contributed by atoms with van der Waals surface area (Å²) in [6, 6.07) is 1.94. The minimum Gasteiger partial charge on any atom is -0.370 e. The zero-order valence-corrected chi connectivity index (χ0v) is 11.9. The Balaban J connectivity index is 1.83. The van der Waals surface area contributed by atoms with Crippen LogP contribution >= 0.6 is 0 Å². The van der Waals surface area contributed by atoms with Crippen molar-refractivity contribution in [2.24, 2.45) is 11.7 Å². The van der Waals surface area contributed by atoms with Crippen molar-refractivity contribution in [1.29, 1.82) is 0 Å². The summed E-state index contributed by atoms with van der Waals surface area (Å²) in [5.41, 5.74) is 5.55. The van der Waals surface area contributed by atoms with Gasteiger partial charge in [-0.2, -0.15) is 0 Å². The Morgan fingerprint density at radius 1 is 1.32 bits per heavy atom. The highest BCUT2D eigenvalue weighted by Gasteiger charge is 2.17. The minimum atomic E-state index is -0.155. The van der Waals surface area contributed by atoms with Crippen LogP contribution in [0.25, 0.3) is 0 Å². The second-order valence-corrected chi connectivity index (χ2v) is 6.01. The lowest BCUT2D eigenvalue weighted by molar-refractivity contribution is 0.303. The summed E-state index contributed by atoms with van der Waals surface area (Å²) >= 11 is 0. The van der Waals surface area contributed by atoms with E-state index in [2.05, 4.69) is 34.4 Å². The van der Waals surface area contributed by atoms with Crippen LogP contribution in [0.2, 0.25) is 0 Å². The highest BCUT2D eigenvalue weighted by Crippen LogP contribution is 2.29. The average molecular weight is 263 g/mol. The van der Waals surface area contributed by atoms with Crippen molar-refractivity contribution in [2.45, 2.75) is 45.1 Å². The Morgan fingerprint density at radius 2 is 2.05 bits per heavy atom. The molecule has 1 aromatic rings. The number of nitrogens with one attached hydrogen (secondary N) is 2. The Kier molecular flexibility index (Phi) is 4.58. The van der Waals surface area contributed by atoms with E-state index in [1.54, 1.807) is 6.33 Å². The van der Waals surface area contributed by atoms with E-state index >= 15 is 0 Å². The van der Waals surface area contributed by atoms with Gasteiger partial charge < -0.3 is 16.4 Å². The molecule has 106 valence electrons. The molecular formula is C14H25N5. The third-order valence-corrected chi connectivity index (χ3v) is 3.73. The zero-order valence-electron chi connectivity index (χ0n) is 11.9. The smallest absolute Gasteiger partial charge is 0.131 e. The van der Waals surface area contributed by atoms with Gasteiger partial charge >= 0.3 is 0 Å². The second kappa shape index (κ2) is 6.19. The fourth-order valence-electron chi connectivity index (χ4n) is 2.11. The van der Waals surface area contributed by atoms with E-state index in [4.69, 9.17) is 5.73 Å². The molecule has 5 heteroatoms. The maximum Gasteiger partial charge on any atom is 0.131 e. The molecular weight excluding hydrogens is 238 g/mol. The summed E-state index contributed by atoms with van der Waals surface area (Å²) in [6.45, 7) is 5.65. The third kappa shape index (κ3) is 4.35. The molecule has 5 nitrogen and oxygen atoms in total. The van der Waals surface area contributed by atoms with Gasteiger partial charge in [-0.1, -0.05) is 19.3 Å². The molecule has 1 heterocycles. The van der Waals surface area contributed by atoms with Crippen molar-refractivity contribution in [3.63, 3.8) is 0 Å². The number of hydrogen-bond acceptors (Lipinski definition) is 5. The van der Waals surface area contributed by atoms with Crippen LogP contribution in [-0.2, 0) is 0 Å². The summed E-state index contributed by atoms with van der Waals surface area (Å²) in [5, 5.41) is 6.68. The summed E-state index contributed by atoms with van der Waals surface area (Å²) in [5.74, 6) is 2.62. The fourth-order valence-corrected chi connectivity index (χ4v) is 2.11. The molecule has 0 atom stereocenters. The summed E-state index contributed by atoms with van der Waals surface area (Å²) in [6.07, 6.45) is 7.01. The molecule has 0 aromatic carbocycles. The van der Waals surface area contributed by atoms with Gasteiger partial charge in [0.25, 0.3) is 0 Å². The van der Waals surface area contributed by atoms with Crippen molar-refractivity contribution >= 4 is 11.6 Å². The van der Waals surface area contributed by atoms with Crippen molar-refractivity contribution in [3.05, 3.63) is 12.4 Å². The van der Waals surface area contributed by atoms with E-state index in [1.807, 2.05) is 6.07 Å². The van der Waals surface area contributed by atoms with Crippen molar-refractivity contribution in [1.82, 2.24) is 9.97 Å². The van der Waals surface area contributed by atoms with Gasteiger partial charge in [-0.3, -0.25) is 0 Å². The molecule has 0 spiro atoms. The molecule has 0 aliphatic heterocycles. The Hall–Kier alpha value is -1.36. The van der Waals surface area contributed by atoms with Crippen LogP contribution in [0, 0.1) is 5.92 Å². The van der Waals surface area contributed by atoms with Gasteiger partial charge in [0.05, 0.1) is 0 Å². The van der Waals surface area contributed by atoms with Crippen LogP contribution in [0.1, 0.15) is 39.5 Å². The first-order valence-electron chi connectivity index (χ1n) is 7.13. The SMILES string of the molecule is CC(C)(CN)Nc1cc(NCCC2CCC2)ncn1. The van der Waals surface area contributed by atoms with Gasteiger partial charge in [-0.05, 0) is 26.2 Å². The van der Waals surface area contributed by atoms with Crippen LogP contribution in [0.5, 0.6) is 0 Å². The lowest BCUT2D eigenvalue weighted by Gasteiger charge is -2.26. The first-order valence-corrected chi connectivity index (χ1v) is 7.13. The summed E-state index contributed by atoms with van der Waals surface area (Å²) in [7, 11) is 0. The van der Waals surface area contributed by atoms with Gasteiger partial charge in [0, 0.05) is 24.7 Å². The molecule has 0 bridgehead atoms. The van der Waals surface area contributed by atoms with Gasteiger partial charge in [-0.15, -0.1) is 0 Å². The predicted octanol–water partition coefficient (Wildman–Crippen LogP) is 2.23. The molecule has 1 saturated carbocycles. The monoisotopic (exact) mass is 263 g/mol. The van der Waals surface area contributed by atoms with E-state index < -0.39 is 0 Å². The molecule has 1 fully saturated rings. The Labute approximate surface area is 115 Å².